The molecule has 144 valence electrons. The van der Waals surface area contributed by atoms with Crippen molar-refractivity contribution in [3.8, 4) is 11.5 Å². The summed E-state index contributed by atoms with van der Waals surface area (Å²) in [6, 6.07) is 4.76. The maximum atomic E-state index is 10.9. The third kappa shape index (κ3) is 1.81. The van der Waals surface area contributed by atoms with Crippen molar-refractivity contribution in [2.24, 2.45) is 11.3 Å². The molecule has 1 saturated carbocycles. The Kier molecular flexibility index (Phi) is 3.21. The fraction of sp³-hybridized carbons (Fsp3) is 0.636. The molecule has 1 N–H and O–H groups in total. The van der Waals surface area contributed by atoms with Gasteiger partial charge in [0.2, 0.25) is 0 Å². The zero-order chi connectivity index (χ0) is 18.4. The van der Waals surface area contributed by atoms with Gasteiger partial charge in [0.1, 0.15) is 12.2 Å². The number of likely N-dealkylation sites (N-methyl/N-ethyl adjacent to an activating group) is 1. The van der Waals surface area contributed by atoms with Gasteiger partial charge in [0.15, 0.2) is 18.3 Å². The maximum Gasteiger partial charge on any atom is 0.189 e. The van der Waals surface area contributed by atoms with Crippen LogP contribution in [0.15, 0.2) is 24.3 Å². The van der Waals surface area contributed by atoms with Crippen LogP contribution in [-0.2, 0) is 16.6 Å². The van der Waals surface area contributed by atoms with Gasteiger partial charge in [-0.3, -0.25) is 0 Å². The monoisotopic (exact) mass is 369 g/mol. The number of hydrogen-bond donors (Lipinski definition) is 1. The number of aliphatic hydroxyl groups is 1. The third-order valence-electron chi connectivity index (χ3n) is 7.73. The molecule has 2 aliphatic heterocycles. The lowest BCUT2D eigenvalue weighted by molar-refractivity contribution is -0.0880. The number of rotatable bonds is 5. The van der Waals surface area contributed by atoms with Crippen LogP contribution >= 0.6 is 0 Å². The summed E-state index contributed by atoms with van der Waals surface area (Å²) in [7, 11) is 2.25. The zero-order valence-corrected chi connectivity index (χ0v) is 16.0. The number of hydrogen-bond acceptors (Lipinski definition) is 5. The first kappa shape index (κ1) is 16.4. The summed E-state index contributed by atoms with van der Waals surface area (Å²) >= 11 is 0. The highest BCUT2D eigenvalue weighted by molar-refractivity contribution is 5.64. The fourth-order valence-electron chi connectivity index (χ4n) is 7.06. The van der Waals surface area contributed by atoms with E-state index in [-0.39, 0.29) is 23.7 Å². The Bertz CT molecular complexity index is 838. The van der Waals surface area contributed by atoms with Gasteiger partial charge in [-0.25, -0.2) is 0 Å². The van der Waals surface area contributed by atoms with Gasteiger partial charge in [0.05, 0.1) is 6.61 Å². The first-order valence-corrected chi connectivity index (χ1v) is 10.2. The molecule has 6 aliphatic rings. The van der Waals surface area contributed by atoms with E-state index in [0.29, 0.717) is 18.6 Å². The molecule has 0 aromatic heterocycles. The minimum atomic E-state index is -0.566. The fourth-order valence-corrected chi connectivity index (χ4v) is 7.06. The molecule has 2 fully saturated rings. The Balaban J connectivity index is 1.46. The molecule has 1 aromatic rings. The van der Waals surface area contributed by atoms with Gasteiger partial charge >= 0.3 is 0 Å². The van der Waals surface area contributed by atoms with Crippen LogP contribution in [0.3, 0.4) is 0 Å². The van der Waals surface area contributed by atoms with E-state index >= 15 is 0 Å². The zero-order valence-electron chi connectivity index (χ0n) is 16.0. The van der Waals surface area contributed by atoms with Crippen LogP contribution in [0.25, 0.3) is 0 Å². The van der Waals surface area contributed by atoms with Crippen molar-refractivity contribution >= 4 is 0 Å². The molecule has 0 radical (unpaired) electrons. The normalized spacial score (nSPS) is 42.3. The maximum absolute atomic E-state index is 10.9. The summed E-state index contributed by atoms with van der Waals surface area (Å²) in [5.41, 5.74) is 2.80. The van der Waals surface area contributed by atoms with E-state index in [2.05, 4.69) is 31.0 Å². The molecular weight excluding hydrogens is 342 g/mol. The van der Waals surface area contributed by atoms with Crippen molar-refractivity contribution in [1.82, 2.24) is 4.90 Å². The topological polar surface area (TPSA) is 51.2 Å². The van der Waals surface area contributed by atoms with E-state index in [1.54, 1.807) is 0 Å². The van der Waals surface area contributed by atoms with E-state index in [1.165, 1.54) is 11.1 Å². The number of nitrogens with zero attached hydrogens (tertiary/aromatic N) is 1. The number of fused-ring (bicyclic) bond motifs is 1. The van der Waals surface area contributed by atoms with Crippen LogP contribution in [0.5, 0.6) is 11.5 Å². The van der Waals surface area contributed by atoms with Crippen LogP contribution in [0.4, 0.5) is 0 Å². The van der Waals surface area contributed by atoms with E-state index in [4.69, 9.17) is 14.2 Å². The van der Waals surface area contributed by atoms with Crippen molar-refractivity contribution in [3.63, 3.8) is 0 Å². The Morgan fingerprint density at radius 1 is 1.37 bits per heavy atom. The molecule has 27 heavy (non-hydrogen) atoms. The Hall–Kier alpha value is -1.56. The lowest BCUT2D eigenvalue weighted by Crippen LogP contribution is -2.66. The van der Waals surface area contributed by atoms with E-state index < -0.39 is 6.10 Å². The lowest BCUT2D eigenvalue weighted by Gasteiger charge is -2.61. The van der Waals surface area contributed by atoms with Crippen LogP contribution in [0.1, 0.15) is 30.9 Å². The highest BCUT2D eigenvalue weighted by Crippen LogP contribution is 2.75. The van der Waals surface area contributed by atoms with Crippen molar-refractivity contribution in [1.29, 1.82) is 0 Å². The summed E-state index contributed by atoms with van der Waals surface area (Å²) in [5, 5.41) is 10.9. The Morgan fingerprint density at radius 2 is 2.26 bits per heavy atom. The van der Waals surface area contributed by atoms with E-state index in [1.807, 2.05) is 12.1 Å². The molecule has 2 bridgehead atoms. The first-order valence-electron chi connectivity index (χ1n) is 10.2. The lowest BCUT2D eigenvalue weighted by atomic mass is 9.40. The second kappa shape index (κ2) is 5.28. The van der Waals surface area contributed by atoms with Crippen LogP contribution < -0.4 is 9.47 Å². The Morgan fingerprint density at radius 3 is 3.11 bits per heavy atom. The molecular formula is C22H27NO4. The second-order valence-corrected chi connectivity index (χ2v) is 9.10. The molecule has 0 amide bonds. The minimum Gasteiger partial charge on any atom is -0.482 e. The van der Waals surface area contributed by atoms with Crippen LogP contribution in [-0.4, -0.2) is 55.2 Å². The molecule has 1 aromatic carbocycles. The predicted octanol–water partition coefficient (Wildman–Crippen LogP) is 2.26. The highest BCUT2D eigenvalue weighted by Gasteiger charge is 2.78. The molecule has 4 aliphatic carbocycles. The number of aliphatic hydroxyl groups excluding tert-OH is 1. The molecule has 6 unspecified atom stereocenters. The van der Waals surface area contributed by atoms with Gasteiger partial charge in [-0.15, -0.1) is 0 Å². The summed E-state index contributed by atoms with van der Waals surface area (Å²) in [6.07, 6.45) is 6.61. The summed E-state index contributed by atoms with van der Waals surface area (Å²) < 4.78 is 17.9. The largest absolute Gasteiger partial charge is 0.482 e. The molecule has 2 heterocycles. The van der Waals surface area contributed by atoms with Crippen molar-refractivity contribution in [2.45, 2.75) is 49.9 Å². The number of likely N-dealkylation sites (tertiary alicyclic amines) is 1. The van der Waals surface area contributed by atoms with Gasteiger partial charge in [0.25, 0.3) is 0 Å². The average Bonchev–Trinajstić information content (AvgIpc) is 3.05. The van der Waals surface area contributed by atoms with Crippen molar-refractivity contribution in [2.75, 3.05) is 27.0 Å². The average molecular weight is 369 g/mol. The highest BCUT2D eigenvalue weighted by atomic mass is 16.7. The molecule has 6 atom stereocenters. The summed E-state index contributed by atoms with van der Waals surface area (Å²) in [5.74, 6) is 2.13. The molecule has 7 rings (SSSR count). The van der Waals surface area contributed by atoms with Gasteiger partial charge in [-0.1, -0.05) is 25.1 Å². The molecule has 1 saturated heterocycles. The van der Waals surface area contributed by atoms with Gasteiger partial charge < -0.3 is 24.2 Å². The van der Waals surface area contributed by atoms with E-state index in [0.717, 1.165) is 37.3 Å². The third-order valence-corrected chi connectivity index (χ3v) is 7.73. The first-order chi connectivity index (χ1) is 13.1. The van der Waals surface area contributed by atoms with Crippen LogP contribution in [0, 0.1) is 11.3 Å². The minimum absolute atomic E-state index is 0.0785. The molecule has 5 heteroatoms. The van der Waals surface area contributed by atoms with Gasteiger partial charge in [-0.05, 0) is 43.9 Å². The van der Waals surface area contributed by atoms with E-state index in [9.17, 15) is 5.11 Å². The SMILES string of the molecule is CCCOCOc1ccc2c3c1OC1C(O)C=CC45CN(C)C(C2)C4C31C5. The number of ether oxygens (including phenoxy) is 3. The van der Waals surface area contributed by atoms with Gasteiger partial charge in [-0.2, -0.15) is 0 Å². The molecule has 5 nitrogen and oxygen atoms in total. The van der Waals surface area contributed by atoms with Crippen LogP contribution in [0.2, 0.25) is 0 Å². The number of benzene rings is 1. The Labute approximate surface area is 159 Å². The van der Waals surface area contributed by atoms with Crippen molar-refractivity contribution < 1.29 is 19.3 Å². The smallest absolute Gasteiger partial charge is 0.189 e. The second-order valence-electron chi connectivity index (χ2n) is 9.10. The van der Waals surface area contributed by atoms with Crippen molar-refractivity contribution in [3.05, 3.63) is 35.4 Å². The quantitative estimate of drug-likeness (QED) is 0.490. The standard InChI is InChI=1S/C22H27NO4/c1-3-8-25-12-26-16-5-4-13-9-14-19-21(11-23(14)2)7-6-15(24)20-22(19,10-21)17(13)18(16)27-20/h4-7,14-15,19-20,24H,3,8-12H2,1-2H3. The van der Waals surface area contributed by atoms with Gasteiger partial charge in [0, 0.05) is 29.0 Å². The summed E-state index contributed by atoms with van der Waals surface area (Å²) in [4.78, 5) is 2.53. The molecule has 2 spiro atoms. The predicted molar refractivity (Wildman–Crippen MR) is 100 cm³/mol. The summed E-state index contributed by atoms with van der Waals surface area (Å²) in [6.45, 7) is 4.09.